The Morgan fingerprint density at radius 2 is 1.80 bits per heavy atom. The van der Waals surface area contributed by atoms with Crippen molar-refractivity contribution >= 4 is 17.5 Å². The van der Waals surface area contributed by atoms with E-state index in [2.05, 4.69) is 15.7 Å². The topological polar surface area (TPSA) is 81.8 Å². The van der Waals surface area contributed by atoms with Gasteiger partial charge in [-0.3, -0.25) is 4.79 Å². The molecule has 0 radical (unpaired) electrons. The second-order valence-electron chi connectivity index (χ2n) is 5.48. The highest BCUT2D eigenvalue weighted by Gasteiger charge is 2.15. The number of benzene rings is 2. The van der Waals surface area contributed by atoms with E-state index in [1.165, 1.54) is 0 Å². The lowest BCUT2D eigenvalue weighted by molar-refractivity contribution is -0.122. The van der Waals surface area contributed by atoms with Crippen LogP contribution in [-0.2, 0) is 11.3 Å². The molecular formula is C17H16ClN5O2. The Kier molecular flexibility index (Phi) is 4.95. The standard InChI is InChI=1S/C17H16ClN5O2/c1-12(14-9-5-6-10-15(14)18)19-16(24)11-22-17(25)23(21-20-22)13-7-3-2-4-8-13/h2-10,12H,11H2,1H3,(H,19,24). The molecule has 0 spiro atoms. The number of nitrogens with zero attached hydrogens (tertiary/aromatic N) is 4. The van der Waals surface area contributed by atoms with Gasteiger partial charge in [0, 0.05) is 5.02 Å². The molecule has 7 nitrogen and oxygen atoms in total. The molecule has 3 rings (SSSR count). The Hall–Kier alpha value is -2.93. The second kappa shape index (κ2) is 7.31. The first kappa shape index (κ1) is 16.9. The maximum atomic E-state index is 12.3. The minimum absolute atomic E-state index is 0.222. The van der Waals surface area contributed by atoms with Crippen molar-refractivity contribution in [3.63, 3.8) is 0 Å². The molecule has 1 aromatic heterocycles. The maximum Gasteiger partial charge on any atom is 0.368 e. The molecule has 2 aromatic carbocycles. The molecular weight excluding hydrogens is 342 g/mol. The van der Waals surface area contributed by atoms with E-state index in [0.29, 0.717) is 10.7 Å². The monoisotopic (exact) mass is 357 g/mol. The predicted molar refractivity (Wildman–Crippen MR) is 93.6 cm³/mol. The number of carbonyl (C=O) groups is 1. The molecule has 1 N–H and O–H groups in total. The molecule has 0 aliphatic heterocycles. The summed E-state index contributed by atoms with van der Waals surface area (Å²) >= 11 is 6.13. The van der Waals surface area contributed by atoms with Crippen molar-refractivity contribution in [2.24, 2.45) is 0 Å². The normalized spacial score (nSPS) is 11.9. The van der Waals surface area contributed by atoms with Crippen LogP contribution in [-0.4, -0.2) is 25.7 Å². The van der Waals surface area contributed by atoms with Crippen molar-refractivity contribution in [3.05, 3.63) is 75.7 Å². The Labute approximate surface area is 148 Å². The summed E-state index contributed by atoms with van der Waals surface area (Å²) in [7, 11) is 0. The van der Waals surface area contributed by atoms with Crippen LogP contribution in [0.25, 0.3) is 5.69 Å². The van der Waals surface area contributed by atoms with Gasteiger partial charge in [0.05, 0.1) is 11.7 Å². The first-order chi connectivity index (χ1) is 12.1. The van der Waals surface area contributed by atoms with E-state index in [9.17, 15) is 9.59 Å². The third kappa shape index (κ3) is 3.77. The maximum absolute atomic E-state index is 12.3. The van der Waals surface area contributed by atoms with Crippen molar-refractivity contribution in [1.29, 1.82) is 0 Å². The van der Waals surface area contributed by atoms with E-state index in [-0.39, 0.29) is 18.5 Å². The van der Waals surface area contributed by atoms with Gasteiger partial charge in [-0.1, -0.05) is 48.0 Å². The van der Waals surface area contributed by atoms with E-state index in [1.54, 1.807) is 30.3 Å². The van der Waals surface area contributed by atoms with Crippen molar-refractivity contribution in [2.45, 2.75) is 19.5 Å². The zero-order valence-electron chi connectivity index (χ0n) is 13.5. The van der Waals surface area contributed by atoms with Crippen molar-refractivity contribution < 1.29 is 4.79 Å². The summed E-state index contributed by atoms with van der Waals surface area (Å²) in [5, 5.41) is 10.9. The number of rotatable bonds is 5. The number of nitrogens with one attached hydrogen (secondary N) is 1. The van der Waals surface area contributed by atoms with Crippen molar-refractivity contribution in [2.75, 3.05) is 0 Å². The van der Waals surface area contributed by atoms with E-state index < -0.39 is 5.69 Å². The highest BCUT2D eigenvalue weighted by Crippen LogP contribution is 2.21. The fourth-order valence-corrected chi connectivity index (χ4v) is 2.73. The molecule has 0 fully saturated rings. The van der Waals surface area contributed by atoms with Crippen LogP contribution < -0.4 is 11.0 Å². The van der Waals surface area contributed by atoms with Crippen LogP contribution >= 0.6 is 11.6 Å². The van der Waals surface area contributed by atoms with Gasteiger partial charge in [-0.15, -0.1) is 0 Å². The molecule has 25 heavy (non-hydrogen) atoms. The second-order valence-corrected chi connectivity index (χ2v) is 5.88. The van der Waals surface area contributed by atoms with Crippen LogP contribution in [0.2, 0.25) is 5.02 Å². The van der Waals surface area contributed by atoms with Crippen LogP contribution in [0.3, 0.4) is 0 Å². The molecule has 1 atom stereocenters. The summed E-state index contributed by atoms with van der Waals surface area (Å²) < 4.78 is 2.16. The quantitative estimate of drug-likeness (QED) is 0.756. The molecule has 0 saturated heterocycles. The Balaban J connectivity index is 1.71. The minimum Gasteiger partial charge on any atom is -0.348 e. The molecule has 0 saturated carbocycles. The van der Waals surface area contributed by atoms with Gasteiger partial charge < -0.3 is 5.32 Å². The van der Waals surface area contributed by atoms with E-state index in [0.717, 1.165) is 14.9 Å². The SMILES string of the molecule is CC(NC(=O)Cn1nnn(-c2ccccc2)c1=O)c1ccccc1Cl. The average Bonchev–Trinajstić information content (AvgIpc) is 2.96. The number of para-hydroxylation sites is 1. The Bertz CT molecular complexity index is 935. The van der Waals surface area contributed by atoms with Crippen molar-refractivity contribution in [3.8, 4) is 5.69 Å². The number of aromatic nitrogens is 4. The first-order valence-corrected chi connectivity index (χ1v) is 8.06. The number of hydrogen-bond donors (Lipinski definition) is 1. The summed E-state index contributed by atoms with van der Waals surface area (Å²) in [5.41, 5.74) is 0.910. The van der Waals surface area contributed by atoms with Gasteiger partial charge in [-0.05, 0) is 41.1 Å². The van der Waals surface area contributed by atoms with Crippen LogP contribution in [0.5, 0.6) is 0 Å². The van der Waals surface area contributed by atoms with Gasteiger partial charge in [0.2, 0.25) is 5.91 Å². The highest BCUT2D eigenvalue weighted by atomic mass is 35.5. The van der Waals surface area contributed by atoms with Crippen LogP contribution in [0, 0.1) is 0 Å². The third-order valence-corrected chi connectivity index (χ3v) is 4.03. The predicted octanol–water partition coefficient (Wildman–Crippen LogP) is 1.96. The molecule has 1 heterocycles. The lowest BCUT2D eigenvalue weighted by Crippen LogP contribution is -2.34. The van der Waals surface area contributed by atoms with Gasteiger partial charge >= 0.3 is 5.69 Å². The smallest absolute Gasteiger partial charge is 0.348 e. The fraction of sp³-hybridized carbons (Fsp3) is 0.176. The lowest BCUT2D eigenvalue weighted by atomic mass is 10.1. The van der Waals surface area contributed by atoms with Gasteiger partial charge in [0.15, 0.2) is 0 Å². The number of carbonyl (C=O) groups excluding carboxylic acids is 1. The van der Waals surface area contributed by atoms with E-state index in [1.807, 2.05) is 31.2 Å². The fourth-order valence-electron chi connectivity index (χ4n) is 2.43. The molecule has 3 aromatic rings. The van der Waals surface area contributed by atoms with Crippen LogP contribution in [0.1, 0.15) is 18.5 Å². The lowest BCUT2D eigenvalue weighted by Gasteiger charge is -2.15. The number of amides is 1. The minimum atomic E-state index is -0.480. The highest BCUT2D eigenvalue weighted by molar-refractivity contribution is 6.31. The number of tetrazole rings is 1. The van der Waals surface area contributed by atoms with Gasteiger partial charge in [-0.2, -0.15) is 9.36 Å². The van der Waals surface area contributed by atoms with Gasteiger partial charge in [0.25, 0.3) is 0 Å². The van der Waals surface area contributed by atoms with Crippen LogP contribution in [0.15, 0.2) is 59.4 Å². The Morgan fingerprint density at radius 1 is 1.12 bits per heavy atom. The molecule has 1 amide bonds. The van der Waals surface area contributed by atoms with E-state index >= 15 is 0 Å². The molecule has 0 bridgehead atoms. The van der Waals surface area contributed by atoms with Crippen molar-refractivity contribution in [1.82, 2.24) is 25.1 Å². The molecule has 0 aliphatic carbocycles. The first-order valence-electron chi connectivity index (χ1n) is 7.68. The van der Waals surface area contributed by atoms with E-state index in [4.69, 9.17) is 11.6 Å². The Morgan fingerprint density at radius 3 is 2.52 bits per heavy atom. The number of halogens is 1. The largest absolute Gasteiger partial charge is 0.368 e. The molecule has 8 heteroatoms. The zero-order valence-corrected chi connectivity index (χ0v) is 14.2. The summed E-state index contributed by atoms with van der Waals surface area (Å²) in [5.74, 6) is -0.352. The average molecular weight is 358 g/mol. The van der Waals surface area contributed by atoms with Gasteiger partial charge in [-0.25, -0.2) is 4.79 Å². The summed E-state index contributed by atoms with van der Waals surface area (Å²) in [4.78, 5) is 24.5. The summed E-state index contributed by atoms with van der Waals surface area (Å²) in [6.45, 7) is 1.60. The zero-order chi connectivity index (χ0) is 17.8. The number of hydrogen-bond acceptors (Lipinski definition) is 4. The summed E-state index contributed by atoms with van der Waals surface area (Å²) in [6.07, 6.45) is 0. The summed E-state index contributed by atoms with van der Waals surface area (Å²) in [6, 6.07) is 15.9. The third-order valence-electron chi connectivity index (χ3n) is 3.68. The molecule has 128 valence electrons. The van der Waals surface area contributed by atoms with Crippen LogP contribution in [0.4, 0.5) is 0 Å². The van der Waals surface area contributed by atoms with Gasteiger partial charge in [0.1, 0.15) is 6.54 Å². The molecule has 0 aliphatic rings. The molecule has 1 unspecified atom stereocenters.